The number of aliphatic hydroxyl groups excluding tert-OH is 1. The van der Waals surface area contributed by atoms with Gasteiger partial charge in [0.05, 0.1) is 18.7 Å². The molecule has 2 rings (SSSR count). The number of nitrogens with one attached hydrogen (secondary N) is 1. The van der Waals surface area contributed by atoms with Crippen molar-refractivity contribution in [3.8, 4) is 0 Å². The summed E-state index contributed by atoms with van der Waals surface area (Å²) in [6.45, 7) is 6.49. The van der Waals surface area contributed by atoms with E-state index in [1.807, 2.05) is 18.7 Å². The van der Waals surface area contributed by atoms with E-state index in [9.17, 15) is 13.2 Å². The van der Waals surface area contributed by atoms with Gasteiger partial charge in [-0.15, -0.1) is 0 Å². The predicted molar refractivity (Wildman–Crippen MR) is 93.9 cm³/mol. The zero-order valence-corrected chi connectivity index (χ0v) is 15.1. The van der Waals surface area contributed by atoms with Crippen LogP contribution in [0.1, 0.15) is 31.1 Å². The Kier molecular flexibility index (Phi) is 7.28. The lowest BCUT2D eigenvalue weighted by molar-refractivity contribution is -0.137. The van der Waals surface area contributed by atoms with Crippen LogP contribution in [0.3, 0.4) is 0 Å². The van der Waals surface area contributed by atoms with Gasteiger partial charge in [-0.3, -0.25) is 4.99 Å². The molecule has 1 aromatic rings. The number of halogens is 3. The number of morpholine rings is 1. The normalized spacial score (nSPS) is 20.2. The fourth-order valence-electron chi connectivity index (χ4n) is 2.68. The molecule has 146 valence electrons. The van der Waals surface area contributed by atoms with Crippen molar-refractivity contribution in [2.24, 2.45) is 10.9 Å². The van der Waals surface area contributed by atoms with Crippen LogP contribution >= 0.6 is 0 Å². The number of hydrogen-bond donors (Lipinski definition) is 2. The van der Waals surface area contributed by atoms with E-state index in [1.54, 1.807) is 6.07 Å². The van der Waals surface area contributed by atoms with Crippen LogP contribution in [0.15, 0.2) is 29.3 Å². The van der Waals surface area contributed by atoms with Gasteiger partial charge < -0.3 is 20.1 Å². The Morgan fingerprint density at radius 1 is 1.46 bits per heavy atom. The number of aliphatic hydroxyl groups is 1. The zero-order valence-electron chi connectivity index (χ0n) is 15.1. The van der Waals surface area contributed by atoms with Gasteiger partial charge in [-0.25, -0.2) is 0 Å². The van der Waals surface area contributed by atoms with Gasteiger partial charge in [0.2, 0.25) is 0 Å². The van der Waals surface area contributed by atoms with Crippen LogP contribution in [-0.2, 0) is 10.9 Å². The molecule has 2 unspecified atom stereocenters. The van der Waals surface area contributed by atoms with Crippen LogP contribution in [-0.4, -0.2) is 55.4 Å². The summed E-state index contributed by atoms with van der Waals surface area (Å²) < 4.78 is 44.6. The number of nitrogens with zero attached hydrogens (tertiary/aromatic N) is 2. The van der Waals surface area contributed by atoms with E-state index in [2.05, 4.69) is 10.3 Å². The van der Waals surface area contributed by atoms with Crippen LogP contribution in [0.4, 0.5) is 13.2 Å². The minimum atomic E-state index is -4.37. The first-order valence-electron chi connectivity index (χ1n) is 8.78. The Hall–Kier alpha value is -1.80. The van der Waals surface area contributed by atoms with Crippen LogP contribution in [0.25, 0.3) is 0 Å². The average Bonchev–Trinajstić information content (AvgIpc) is 2.64. The van der Waals surface area contributed by atoms with E-state index in [0.29, 0.717) is 44.3 Å². The molecule has 0 aromatic heterocycles. The average molecular weight is 373 g/mol. The number of guanidine groups is 1. The standard InChI is InChI=1S/C18H26F3N3O2/c1-3-22-17(23-10-13(2)12-25)24-7-8-26-16(11-24)14-5-4-6-15(9-14)18(19,20)21/h4-6,9,13,16,25H,3,7-8,10-12H2,1-2H3,(H,22,23). The van der Waals surface area contributed by atoms with Crippen molar-refractivity contribution in [3.63, 3.8) is 0 Å². The summed E-state index contributed by atoms with van der Waals surface area (Å²) in [5.74, 6) is 0.733. The molecule has 1 heterocycles. The largest absolute Gasteiger partial charge is 0.416 e. The van der Waals surface area contributed by atoms with Gasteiger partial charge in [-0.1, -0.05) is 19.1 Å². The van der Waals surface area contributed by atoms with Crippen LogP contribution in [0, 0.1) is 5.92 Å². The highest BCUT2D eigenvalue weighted by Gasteiger charge is 2.32. The maximum absolute atomic E-state index is 12.9. The summed E-state index contributed by atoms with van der Waals surface area (Å²) in [7, 11) is 0. The molecule has 26 heavy (non-hydrogen) atoms. The topological polar surface area (TPSA) is 57.1 Å². The van der Waals surface area contributed by atoms with Crippen molar-refractivity contribution < 1.29 is 23.0 Å². The van der Waals surface area contributed by atoms with Crippen LogP contribution < -0.4 is 5.32 Å². The monoisotopic (exact) mass is 373 g/mol. The Bertz CT molecular complexity index is 608. The number of hydrogen-bond acceptors (Lipinski definition) is 3. The molecule has 0 bridgehead atoms. The van der Waals surface area contributed by atoms with Crippen molar-refractivity contribution in [1.29, 1.82) is 0 Å². The van der Waals surface area contributed by atoms with Gasteiger partial charge >= 0.3 is 6.18 Å². The molecular formula is C18H26F3N3O2. The van der Waals surface area contributed by atoms with E-state index in [-0.39, 0.29) is 12.5 Å². The third kappa shape index (κ3) is 5.60. The molecule has 2 N–H and O–H groups in total. The molecule has 0 radical (unpaired) electrons. The van der Waals surface area contributed by atoms with Crippen molar-refractivity contribution in [2.75, 3.05) is 39.4 Å². The Morgan fingerprint density at radius 2 is 2.23 bits per heavy atom. The number of rotatable bonds is 5. The lowest BCUT2D eigenvalue weighted by Gasteiger charge is -2.35. The second kappa shape index (κ2) is 9.23. The summed E-state index contributed by atoms with van der Waals surface area (Å²) in [5, 5.41) is 12.4. The minimum absolute atomic E-state index is 0.0453. The molecule has 0 amide bonds. The van der Waals surface area contributed by atoms with Crippen molar-refractivity contribution in [1.82, 2.24) is 10.2 Å². The van der Waals surface area contributed by atoms with Gasteiger partial charge in [0.15, 0.2) is 5.96 Å². The summed E-state index contributed by atoms with van der Waals surface area (Å²) in [6, 6.07) is 5.27. The van der Waals surface area contributed by atoms with Gasteiger partial charge in [0.1, 0.15) is 6.10 Å². The number of aliphatic imine (C=N–C) groups is 1. The summed E-state index contributed by atoms with van der Waals surface area (Å²) in [4.78, 5) is 6.52. The molecule has 1 aromatic carbocycles. The molecule has 0 aliphatic carbocycles. The highest BCUT2D eigenvalue weighted by Crippen LogP contribution is 2.32. The smallest absolute Gasteiger partial charge is 0.396 e. The summed E-state index contributed by atoms with van der Waals surface area (Å²) in [5.41, 5.74) is -0.169. The molecule has 5 nitrogen and oxygen atoms in total. The Balaban J connectivity index is 2.14. The Labute approximate surface area is 151 Å². The minimum Gasteiger partial charge on any atom is -0.396 e. The van der Waals surface area contributed by atoms with Crippen LogP contribution in [0.2, 0.25) is 0 Å². The summed E-state index contributed by atoms with van der Waals surface area (Å²) in [6.07, 6.45) is -4.83. The molecule has 1 saturated heterocycles. The fourth-order valence-corrected chi connectivity index (χ4v) is 2.68. The lowest BCUT2D eigenvalue weighted by atomic mass is 10.0. The molecular weight excluding hydrogens is 347 g/mol. The molecule has 1 fully saturated rings. The van der Waals surface area contributed by atoms with Crippen molar-refractivity contribution in [2.45, 2.75) is 26.1 Å². The quantitative estimate of drug-likeness (QED) is 0.616. The maximum atomic E-state index is 12.9. The van der Waals surface area contributed by atoms with Crippen LogP contribution in [0.5, 0.6) is 0 Å². The zero-order chi connectivity index (χ0) is 19.2. The first-order chi connectivity index (χ1) is 12.3. The molecule has 0 spiro atoms. The molecule has 0 saturated carbocycles. The Morgan fingerprint density at radius 3 is 2.88 bits per heavy atom. The number of benzene rings is 1. The molecule has 8 heteroatoms. The maximum Gasteiger partial charge on any atom is 0.416 e. The second-order valence-electron chi connectivity index (χ2n) is 6.41. The summed E-state index contributed by atoms with van der Waals surface area (Å²) >= 11 is 0. The third-order valence-corrected chi connectivity index (χ3v) is 4.15. The van der Waals surface area contributed by atoms with Gasteiger partial charge in [-0.05, 0) is 30.5 Å². The molecule has 2 atom stereocenters. The van der Waals surface area contributed by atoms with E-state index in [0.717, 1.165) is 12.1 Å². The van der Waals surface area contributed by atoms with E-state index in [4.69, 9.17) is 9.84 Å². The number of ether oxygens (including phenoxy) is 1. The molecule has 1 aliphatic rings. The first-order valence-corrected chi connectivity index (χ1v) is 8.78. The first kappa shape index (κ1) is 20.5. The third-order valence-electron chi connectivity index (χ3n) is 4.15. The highest BCUT2D eigenvalue weighted by molar-refractivity contribution is 5.80. The van der Waals surface area contributed by atoms with E-state index >= 15 is 0 Å². The molecule has 1 aliphatic heterocycles. The lowest BCUT2D eigenvalue weighted by Crippen LogP contribution is -2.48. The van der Waals surface area contributed by atoms with Gasteiger partial charge in [0, 0.05) is 26.2 Å². The van der Waals surface area contributed by atoms with Gasteiger partial charge in [0.25, 0.3) is 0 Å². The van der Waals surface area contributed by atoms with Crippen molar-refractivity contribution >= 4 is 5.96 Å². The SMILES string of the molecule is CCNC(=NCC(C)CO)N1CCOC(c2cccc(C(F)(F)F)c2)C1. The van der Waals surface area contributed by atoms with E-state index in [1.165, 1.54) is 6.07 Å². The predicted octanol–water partition coefficient (Wildman–Crippen LogP) is 2.67. The van der Waals surface area contributed by atoms with E-state index < -0.39 is 17.8 Å². The second-order valence-corrected chi connectivity index (χ2v) is 6.41. The van der Waals surface area contributed by atoms with Gasteiger partial charge in [-0.2, -0.15) is 13.2 Å². The highest BCUT2D eigenvalue weighted by atomic mass is 19.4. The fraction of sp³-hybridized carbons (Fsp3) is 0.611. The van der Waals surface area contributed by atoms with Crippen molar-refractivity contribution in [3.05, 3.63) is 35.4 Å². The number of alkyl halides is 3.